The molecule has 15 heavy (non-hydrogen) atoms. The summed E-state index contributed by atoms with van der Waals surface area (Å²) >= 11 is 3.76. The van der Waals surface area contributed by atoms with Crippen molar-refractivity contribution in [1.29, 1.82) is 0 Å². The van der Waals surface area contributed by atoms with Crippen molar-refractivity contribution in [3.05, 3.63) is 55.8 Å². The molecular weight excluding hydrogens is 319 g/mol. The Balaban J connectivity index is 2.09. The summed E-state index contributed by atoms with van der Waals surface area (Å²) in [6.45, 7) is 0. The standard InChI is InChI=1S/C12H9IOS/c13-10-5-3-9(4-6-10)8-11(14)12-2-1-7-15-12/h1-7H,8H2. The number of thiophene rings is 1. The molecule has 0 aliphatic carbocycles. The van der Waals surface area contributed by atoms with Crippen molar-refractivity contribution in [1.82, 2.24) is 0 Å². The van der Waals surface area contributed by atoms with E-state index in [1.165, 1.54) is 14.9 Å². The Morgan fingerprint density at radius 2 is 1.93 bits per heavy atom. The van der Waals surface area contributed by atoms with E-state index in [0.717, 1.165) is 10.4 Å². The molecule has 0 aliphatic heterocycles. The van der Waals surface area contributed by atoms with Crippen molar-refractivity contribution in [3.8, 4) is 0 Å². The normalized spacial score (nSPS) is 10.2. The van der Waals surface area contributed by atoms with Crippen molar-refractivity contribution >= 4 is 39.7 Å². The van der Waals surface area contributed by atoms with Gasteiger partial charge in [-0.25, -0.2) is 0 Å². The fourth-order valence-corrected chi connectivity index (χ4v) is 2.34. The Bertz CT molecular complexity index is 445. The average molecular weight is 328 g/mol. The average Bonchev–Trinajstić information content (AvgIpc) is 2.74. The summed E-state index contributed by atoms with van der Waals surface area (Å²) in [6.07, 6.45) is 0.497. The predicted octanol–water partition coefficient (Wildman–Crippen LogP) is 3.78. The maximum absolute atomic E-state index is 11.8. The number of hydrogen-bond donors (Lipinski definition) is 0. The fraction of sp³-hybridized carbons (Fsp3) is 0.0833. The quantitative estimate of drug-likeness (QED) is 0.619. The van der Waals surface area contributed by atoms with E-state index in [1.807, 2.05) is 41.8 Å². The molecule has 2 rings (SSSR count). The first-order valence-corrected chi connectivity index (χ1v) is 6.53. The Morgan fingerprint density at radius 1 is 1.20 bits per heavy atom. The van der Waals surface area contributed by atoms with E-state index in [2.05, 4.69) is 22.6 Å². The molecule has 0 radical (unpaired) electrons. The van der Waals surface area contributed by atoms with Crippen LogP contribution in [-0.4, -0.2) is 5.78 Å². The number of halogens is 1. The van der Waals surface area contributed by atoms with Gasteiger partial charge in [0.2, 0.25) is 0 Å². The molecule has 0 spiro atoms. The van der Waals surface area contributed by atoms with Gasteiger partial charge in [0.1, 0.15) is 0 Å². The summed E-state index contributed by atoms with van der Waals surface area (Å²) in [4.78, 5) is 12.6. The lowest BCUT2D eigenvalue weighted by Gasteiger charge is -1.99. The van der Waals surface area contributed by atoms with E-state index >= 15 is 0 Å². The molecule has 1 aromatic carbocycles. The van der Waals surface area contributed by atoms with Crippen LogP contribution in [0.5, 0.6) is 0 Å². The molecule has 0 atom stereocenters. The van der Waals surface area contributed by atoms with Gasteiger partial charge in [0.25, 0.3) is 0 Å². The highest BCUT2D eigenvalue weighted by molar-refractivity contribution is 14.1. The number of benzene rings is 1. The van der Waals surface area contributed by atoms with Crippen LogP contribution in [0, 0.1) is 3.57 Å². The number of hydrogen-bond acceptors (Lipinski definition) is 2. The number of ketones is 1. The van der Waals surface area contributed by atoms with Crippen LogP contribution in [0.3, 0.4) is 0 Å². The topological polar surface area (TPSA) is 17.1 Å². The van der Waals surface area contributed by atoms with Gasteiger partial charge in [-0.2, -0.15) is 0 Å². The Kier molecular flexibility index (Phi) is 3.53. The van der Waals surface area contributed by atoms with Crippen molar-refractivity contribution in [3.63, 3.8) is 0 Å². The van der Waals surface area contributed by atoms with Crippen LogP contribution >= 0.6 is 33.9 Å². The molecule has 0 saturated heterocycles. The molecule has 0 unspecified atom stereocenters. The highest BCUT2D eigenvalue weighted by atomic mass is 127. The Morgan fingerprint density at radius 3 is 2.53 bits per heavy atom. The lowest BCUT2D eigenvalue weighted by atomic mass is 10.1. The first kappa shape index (κ1) is 10.8. The minimum atomic E-state index is 0.200. The third kappa shape index (κ3) is 2.89. The molecule has 2 aromatic rings. The molecule has 0 saturated carbocycles. The number of carbonyl (C=O) groups excluding carboxylic acids is 1. The fourth-order valence-electron chi connectivity index (χ4n) is 1.31. The van der Waals surface area contributed by atoms with Crippen LogP contribution in [0.25, 0.3) is 0 Å². The van der Waals surface area contributed by atoms with E-state index in [0.29, 0.717) is 6.42 Å². The summed E-state index contributed by atoms with van der Waals surface area (Å²) < 4.78 is 1.19. The van der Waals surface area contributed by atoms with Crippen molar-refractivity contribution < 1.29 is 4.79 Å². The van der Waals surface area contributed by atoms with Gasteiger partial charge in [0.05, 0.1) is 4.88 Å². The molecule has 1 aromatic heterocycles. The van der Waals surface area contributed by atoms with Crippen molar-refractivity contribution in [2.24, 2.45) is 0 Å². The molecule has 0 aliphatic rings. The molecule has 1 heterocycles. The molecule has 1 nitrogen and oxygen atoms in total. The second-order valence-electron chi connectivity index (χ2n) is 3.20. The lowest BCUT2D eigenvalue weighted by Crippen LogP contribution is -2.00. The highest BCUT2D eigenvalue weighted by Crippen LogP contribution is 2.14. The second-order valence-corrected chi connectivity index (χ2v) is 5.40. The van der Waals surface area contributed by atoms with Gasteiger partial charge < -0.3 is 0 Å². The van der Waals surface area contributed by atoms with Crippen LogP contribution in [0.1, 0.15) is 15.2 Å². The third-order valence-corrected chi connectivity index (χ3v) is 3.70. The molecule has 0 amide bonds. The second kappa shape index (κ2) is 4.90. The van der Waals surface area contributed by atoms with E-state index < -0.39 is 0 Å². The van der Waals surface area contributed by atoms with Crippen LogP contribution in [-0.2, 0) is 6.42 Å². The largest absolute Gasteiger partial charge is 0.293 e. The molecule has 0 bridgehead atoms. The zero-order valence-corrected chi connectivity index (χ0v) is 10.9. The zero-order chi connectivity index (χ0) is 10.7. The van der Waals surface area contributed by atoms with Crippen LogP contribution < -0.4 is 0 Å². The lowest BCUT2D eigenvalue weighted by molar-refractivity contribution is 0.0997. The summed E-state index contributed by atoms with van der Waals surface area (Å²) in [7, 11) is 0. The Hall–Kier alpha value is -0.680. The van der Waals surface area contributed by atoms with Crippen LogP contribution in [0.15, 0.2) is 41.8 Å². The van der Waals surface area contributed by atoms with Crippen LogP contribution in [0.2, 0.25) is 0 Å². The van der Waals surface area contributed by atoms with E-state index in [-0.39, 0.29) is 5.78 Å². The first-order chi connectivity index (χ1) is 7.25. The summed E-state index contributed by atoms with van der Waals surface area (Å²) in [5, 5.41) is 1.93. The molecule has 0 N–H and O–H groups in total. The minimum Gasteiger partial charge on any atom is -0.293 e. The van der Waals surface area contributed by atoms with E-state index in [1.54, 1.807) is 0 Å². The van der Waals surface area contributed by atoms with Gasteiger partial charge in [-0.3, -0.25) is 4.79 Å². The maximum atomic E-state index is 11.8. The van der Waals surface area contributed by atoms with Gasteiger partial charge in [-0.05, 0) is 51.7 Å². The van der Waals surface area contributed by atoms with Gasteiger partial charge >= 0.3 is 0 Å². The SMILES string of the molecule is O=C(Cc1ccc(I)cc1)c1cccs1. The van der Waals surface area contributed by atoms with Gasteiger partial charge in [0.15, 0.2) is 5.78 Å². The number of Topliss-reactive ketones (excluding diaryl/α,β-unsaturated/α-hetero) is 1. The molecular formula is C12H9IOS. The monoisotopic (exact) mass is 328 g/mol. The zero-order valence-electron chi connectivity index (χ0n) is 7.94. The maximum Gasteiger partial charge on any atom is 0.177 e. The van der Waals surface area contributed by atoms with Gasteiger partial charge in [-0.15, -0.1) is 11.3 Å². The van der Waals surface area contributed by atoms with Gasteiger partial charge in [0, 0.05) is 9.99 Å². The van der Waals surface area contributed by atoms with E-state index in [4.69, 9.17) is 0 Å². The van der Waals surface area contributed by atoms with Crippen molar-refractivity contribution in [2.75, 3.05) is 0 Å². The number of carbonyl (C=O) groups is 1. The molecule has 3 heteroatoms. The summed E-state index contributed by atoms with van der Waals surface area (Å²) in [6, 6.07) is 11.8. The summed E-state index contributed by atoms with van der Waals surface area (Å²) in [5.74, 6) is 0.200. The molecule has 0 fully saturated rings. The predicted molar refractivity (Wildman–Crippen MR) is 71.5 cm³/mol. The number of rotatable bonds is 3. The Labute approximate surface area is 106 Å². The minimum absolute atomic E-state index is 0.200. The first-order valence-electron chi connectivity index (χ1n) is 4.57. The van der Waals surface area contributed by atoms with E-state index in [9.17, 15) is 4.79 Å². The van der Waals surface area contributed by atoms with Crippen LogP contribution in [0.4, 0.5) is 0 Å². The summed E-state index contributed by atoms with van der Waals surface area (Å²) in [5.41, 5.74) is 1.08. The van der Waals surface area contributed by atoms with Gasteiger partial charge in [-0.1, -0.05) is 18.2 Å². The highest BCUT2D eigenvalue weighted by Gasteiger charge is 2.07. The third-order valence-electron chi connectivity index (χ3n) is 2.07. The van der Waals surface area contributed by atoms with Crippen molar-refractivity contribution in [2.45, 2.75) is 6.42 Å². The molecule has 76 valence electrons. The smallest absolute Gasteiger partial charge is 0.177 e.